The summed E-state index contributed by atoms with van der Waals surface area (Å²) in [5.74, 6) is 0. The number of benzene rings is 2. The van der Waals surface area contributed by atoms with Crippen LogP contribution in [0.4, 0.5) is 0 Å². The lowest BCUT2D eigenvalue weighted by atomic mass is 9.84. The second kappa shape index (κ2) is 13.7. The maximum Gasteiger partial charge on any atom is 0.236 e. The Bertz CT molecular complexity index is 1200. The standard InChI is InChI=1S/C36H54O3Si2/c1-26(16-15-23-34(8,9)37)29-18-14-17-27(24-29)19-20-28-21-22-30(35(10,11)38-40-32(2,3)4)31(25-28)36(12,13)39-41-33(5,6)7/h14-18,21-25,37H,19-20H2,1-13H3. The summed E-state index contributed by atoms with van der Waals surface area (Å²) in [4.78, 5) is 0. The van der Waals surface area contributed by atoms with Gasteiger partial charge in [-0.3, -0.25) is 0 Å². The number of rotatable bonds is 12. The molecule has 2 aromatic carbocycles. The van der Waals surface area contributed by atoms with Gasteiger partial charge in [0.05, 0.1) is 16.8 Å². The molecule has 41 heavy (non-hydrogen) atoms. The van der Waals surface area contributed by atoms with Crippen molar-refractivity contribution < 1.29 is 14.0 Å². The van der Waals surface area contributed by atoms with Crippen molar-refractivity contribution in [1.29, 1.82) is 0 Å². The van der Waals surface area contributed by atoms with Crippen LogP contribution >= 0.6 is 0 Å². The van der Waals surface area contributed by atoms with Crippen LogP contribution in [0.25, 0.3) is 5.57 Å². The molecule has 0 saturated heterocycles. The van der Waals surface area contributed by atoms with Crippen molar-refractivity contribution in [2.75, 3.05) is 0 Å². The highest BCUT2D eigenvalue weighted by molar-refractivity contribution is 6.32. The van der Waals surface area contributed by atoms with E-state index in [1.807, 2.05) is 12.2 Å². The summed E-state index contributed by atoms with van der Waals surface area (Å²) >= 11 is 0. The van der Waals surface area contributed by atoms with Crippen molar-refractivity contribution >= 4 is 25.1 Å². The Balaban J connectivity index is 2.36. The summed E-state index contributed by atoms with van der Waals surface area (Å²) in [7, 11) is 0.796. The lowest BCUT2D eigenvalue weighted by Gasteiger charge is -2.37. The second-order valence-corrected chi connectivity index (χ2v) is 18.7. The molecule has 0 bridgehead atoms. The lowest BCUT2D eigenvalue weighted by molar-refractivity contribution is 0.0829. The summed E-state index contributed by atoms with van der Waals surface area (Å²) < 4.78 is 13.2. The van der Waals surface area contributed by atoms with Crippen LogP contribution in [0.3, 0.4) is 0 Å². The van der Waals surface area contributed by atoms with Gasteiger partial charge in [-0.2, -0.15) is 0 Å². The fourth-order valence-corrected chi connectivity index (χ4v) is 5.57. The molecule has 0 aliphatic carbocycles. The molecule has 0 fully saturated rings. The third-order valence-corrected chi connectivity index (χ3v) is 8.99. The van der Waals surface area contributed by atoms with Gasteiger partial charge in [0.2, 0.25) is 19.5 Å². The number of aryl methyl sites for hydroxylation is 2. The Morgan fingerprint density at radius 3 is 1.73 bits per heavy atom. The van der Waals surface area contributed by atoms with E-state index in [-0.39, 0.29) is 10.1 Å². The predicted octanol–water partition coefficient (Wildman–Crippen LogP) is 9.38. The Labute approximate surface area is 256 Å². The molecular weight excluding hydrogens is 537 g/mol. The highest BCUT2D eigenvalue weighted by atomic mass is 28.2. The lowest BCUT2D eigenvalue weighted by Crippen LogP contribution is -2.34. The molecule has 3 nitrogen and oxygen atoms in total. The molecule has 2 aromatic rings. The third kappa shape index (κ3) is 12.6. The van der Waals surface area contributed by atoms with Gasteiger partial charge in [0.15, 0.2) is 0 Å². The van der Waals surface area contributed by atoms with Crippen molar-refractivity contribution in [3.63, 3.8) is 0 Å². The van der Waals surface area contributed by atoms with Crippen molar-refractivity contribution in [3.8, 4) is 0 Å². The van der Waals surface area contributed by atoms with Crippen LogP contribution in [-0.2, 0) is 32.9 Å². The molecule has 0 aromatic heterocycles. The minimum Gasteiger partial charge on any atom is -0.408 e. The molecule has 0 amide bonds. The number of hydrogen-bond acceptors (Lipinski definition) is 3. The van der Waals surface area contributed by atoms with Crippen LogP contribution in [0, 0.1) is 0 Å². The topological polar surface area (TPSA) is 38.7 Å². The first kappa shape index (κ1) is 35.4. The molecule has 0 aliphatic rings. The van der Waals surface area contributed by atoms with E-state index in [4.69, 9.17) is 8.85 Å². The fraction of sp³-hybridized carbons (Fsp3) is 0.556. The van der Waals surface area contributed by atoms with Gasteiger partial charge < -0.3 is 14.0 Å². The summed E-state index contributed by atoms with van der Waals surface area (Å²) in [5.41, 5.74) is 5.72. The molecule has 0 atom stereocenters. The van der Waals surface area contributed by atoms with Crippen LogP contribution < -0.4 is 0 Å². The number of hydrogen-bond donors (Lipinski definition) is 1. The maximum absolute atomic E-state index is 9.95. The largest absolute Gasteiger partial charge is 0.408 e. The molecule has 0 unspecified atom stereocenters. The minimum atomic E-state index is -0.811. The zero-order chi connectivity index (χ0) is 31.3. The highest BCUT2D eigenvalue weighted by Crippen LogP contribution is 2.39. The Kier molecular flexibility index (Phi) is 11.8. The van der Waals surface area contributed by atoms with Crippen LogP contribution in [0.2, 0.25) is 10.1 Å². The van der Waals surface area contributed by atoms with Gasteiger partial charge in [-0.15, -0.1) is 0 Å². The molecule has 0 saturated carbocycles. The Morgan fingerprint density at radius 1 is 0.707 bits per heavy atom. The quantitative estimate of drug-likeness (QED) is 0.198. The molecule has 2 rings (SSSR count). The van der Waals surface area contributed by atoms with E-state index >= 15 is 0 Å². The van der Waals surface area contributed by atoms with E-state index in [1.54, 1.807) is 13.8 Å². The third-order valence-electron chi connectivity index (χ3n) is 6.54. The summed E-state index contributed by atoms with van der Waals surface area (Å²) in [6.07, 6.45) is 7.70. The molecule has 1 N–H and O–H groups in total. The number of allylic oxidation sites excluding steroid dienone is 3. The van der Waals surface area contributed by atoms with Gasteiger partial charge in [-0.25, -0.2) is 0 Å². The fourth-order valence-electron chi connectivity index (χ4n) is 4.23. The first-order valence-corrected chi connectivity index (χ1v) is 16.6. The molecular formula is C36H54O3Si2. The number of aliphatic hydroxyl groups is 1. The normalized spacial score (nSPS) is 14.2. The SMILES string of the molecule is CC(=CC=CC(C)(C)O)c1cccc(CCc2ccc(C(C)(C)O[Si]C(C)(C)C)c(C(C)(C)O[Si]C(C)(C)C)c2)c1. The smallest absolute Gasteiger partial charge is 0.236 e. The van der Waals surface area contributed by atoms with Gasteiger partial charge in [0, 0.05) is 0 Å². The van der Waals surface area contributed by atoms with Gasteiger partial charge in [0.25, 0.3) is 0 Å². The summed E-state index contributed by atoms with van der Waals surface area (Å²) in [6.45, 7) is 27.8. The van der Waals surface area contributed by atoms with Gasteiger partial charge in [-0.05, 0) is 105 Å². The monoisotopic (exact) mass is 590 g/mol. The van der Waals surface area contributed by atoms with E-state index < -0.39 is 16.8 Å². The van der Waals surface area contributed by atoms with Crippen molar-refractivity contribution in [1.82, 2.24) is 0 Å². The van der Waals surface area contributed by atoms with Crippen LogP contribution in [0.5, 0.6) is 0 Å². The summed E-state index contributed by atoms with van der Waals surface area (Å²) in [5, 5.41) is 10.2. The van der Waals surface area contributed by atoms with Gasteiger partial charge >= 0.3 is 0 Å². The molecule has 4 radical (unpaired) electrons. The first-order chi connectivity index (χ1) is 18.6. The van der Waals surface area contributed by atoms with E-state index in [9.17, 15) is 5.11 Å². The van der Waals surface area contributed by atoms with Crippen molar-refractivity contribution in [2.45, 2.75) is 130 Å². The zero-order valence-electron chi connectivity index (χ0n) is 28.0. The van der Waals surface area contributed by atoms with Gasteiger partial charge in [0.1, 0.15) is 0 Å². The molecule has 0 aliphatic heterocycles. The van der Waals surface area contributed by atoms with E-state index in [1.165, 1.54) is 33.4 Å². The van der Waals surface area contributed by atoms with E-state index in [0.29, 0.717) is 19.5 Å². The van der Waals surface area contributed by atoms with Crippen molar-refractivity contribution in [3.05, 3.63) is 88.5 Å². The first-order valence-electron chi connectivity index (χ1n) is 14.8. The Hall–Kier alpha value is -1.77. The maximum atomic E-state index is 9.95. The molecule has 5 heteroatoms. The van der Waals surface area contributed by atoms with Gasteiger partial charge in [-0.1, -0.05) is 102 Å². The van der Waals surface area contributed by atoms with Crippen molar-refractivity contribution in [2.24, 2.45) is 0 Å². The van der Waals surface area contributed by atoms with Crippen LogP contribution in [0.1, 0.15) is 118 Å². The summed E-state index contributed by atoms with van der Waals surface area (Å²) in [6, 6.07) is 15.7. The zero-order valence-corrected chi connectivity index (χ0v) is 30.0. The highest BCUT2D eigenvalue weighted by Gasteiger charge is 2.34. The van der Waals surface area contributed by atoms with Crippen LogP contribution in [-0.4, -0.2) is 30.2 Å². The second-order valence-electron chi connectivity index (χ2n) is 14.9. The Morgan fingerprint density at radius 2 is 1.22 bits per heavy atom. The average Bonchev–Trinajstić information content (AvgIpc) is 2.83. The van der Waals surface area contributed by atoms with E-state index in [0.717, 1.165) is 12.8 Å². The van der Waals surface area contributed by atoms with E-state index in [2.05, 4.69) is 125 Å². The average molecular weight is 591 g/mol. The minimum absolute atomic E-state index is 0.108. The molecule has 224 valence electrons. The van der Waals surface area contributed by atoms with Crippen LogP contribution in [0.15, 0.2) is 60.7 Å². The molecule has 0 heterocycles. The molecule has 0 spiro atoms. The predicted molar refractivity (Wildman–Crippen MR) is 179 cm³/mol.